The van der Waals surface area contributed by atoms with Crippen molar-refractivity contribution >= 4 is 11.4 Å². The van der Waals surface area contributed by atoms with Crippen molar-refractivity contribution in [2.24, 2.45) is 0 Å². The largest absolute Gasteiger partial charge is 0.490 e. The van der Waals surface area contributed by atoms with Crippen molar-refractivity contribution in [2.75, 3.05) is 5.73 Å². The molecule has 1 aromatic carbocycles. The molecule has 0 radical (unpaired) electrons. The van der Waals surface area contributed by atoms with Crippen LogP contribution in [0, 0.1) is 10.1 Å². The Bertz CT molecular complexity index is 400. The van der Waals surface area contributed by atoms with Gasteiger partial charge in [-0.05, 0) is 25.7 Å². The molecule has 0 aliphatic heterocycles. The quantitative estimate of drug-likeness (QED) is 0.484. The van der Waals surface area contributed by atoms with Crippen molar-refractivity contribution in [1.29, 1.82) is 0 Å². The van der Waals surface area contributed by atoms with Gasteiger partial charge in [-0.1, -0.05) is 0 Å². The molecule has 0 spiro atoms. The summed E-state index contributed by atoms with van der Waals surface area (Å²) in [7, 11) is 0. The fourth-order valence-corrected chi connectivity index (χ4v) is 1.98. The lowest BCUT2D eigenvalue weighted by molar-refractivity contribution is -0.384. The molecule has 5 heteroatoms. The first kappa shape index (κ1) is 10.7. The highest BCUT2D eigenvalue weighted by molar-refractivity contribution is 5.53. The summed E-state index contributed by atoms with van der Waals surface area (Å²) in [6.07, 6.45) is 4.54. The van der Waals surface area contributed by atoms with Gasteiger partial charge in [-0.25, -0.2) is 0 Å². The second-order valence-electron chi connectivity index (χ2n) is 4.04. The van der Waals surface area contributed by atoms with Crippen LogP contribution in [-0.4, -0.2) is 11.0 Å². The monoisotopic (exact) mass is 222 g/mol. The van der Waals surface area contributed by atoms with E-state index in [1.165, 1.54) is 12.1 Å². The Kier molecular flexibility index (Phi) is 2.94. The molecule has 0 aromatic heterocycles. The van der Waals surface area contributed by atoms with Crippen LogP contribution in [-0.2, 0) is 0 Å². The molecule has 1 saturated carbocycles. The van der Waals surface area contributed by atoms with Crippen molar-refractivity contribution in [2.45, 2.75) is 31.8 Å². The van der Waals surface area contributed by atoms with Crippen LogP contribution in [0.15, 0.2) is 18.2 Å². The zero-order valence-corrected chi connectivity index (χ0v) is 8.89. The first-order valence-corrected chi connectivity index (χ1v) is 5.37. The molecule has 0 heterocycles. The molecule has 1 fully saturated rings. The summed E-state index contributed by atoms with van der Waals surface area (Å²) >= 11 is 0. The number of nitrogens with two attached hydrogens (primary N) is 1. The maximum Gasteiger partial charge on any atom is 0.275 e. The summed E-state index contributed by atoms with van der Waals surface area (Å²) in [6, 6.07) is 4.39. The zero-order valence-electron chi connectivity index (χ0n) is 8.89. The minimum Gasteiger partial charge on any atom is -0.490 e. The van der Waals surface area contributed by atoms with E-state index in [1.807, 2.05) is 0 Å². The van der Waals surface area contributed by atoms with Gasteiger partial charge in [0, 0.05) is 17.8 Å². The van der Waals surface area contributed by atoms with Gasteiger partial charge in [-0.2, -0.15) is 0 Å². The summed E-state index contributed by atoms with van der Waals surface area (Å²) in [5.41, 5.74) is 5.93. The van der Waals surface area contributed by atoms with Crippen molar-refractivity contribution in [3.63, 3.8) is 0 Å². The predicted octanol–water partition coefficient (Wildman–Crippen LogP) is 2.50. The fourth-order valence-electron chi connectivity index (χ4n) is 1.98. The third-order valence-corrected chi connectivity index (χ3v) is 2.73. The van der Waals surface area contributed by atoms with Crippen LogP contribution in [0.4, 0.5) is 11.4 Å². The molecule has 86 valence electrons. The van der Waals surface area contributed by atoms with E-state index in [9.17, 15) is 10.1 Å². The Labute approximate surface area is 93.4 Å². The smallest absolute Gasteiger partial charge is 0.275 e. The third-order valence-electron chi connectivity index (χ3n) is 2.73. The van der Waals surface area contributed by atoms with Crippen LogP contribution in [0.25, 0.3) is 0 Å². The lowest BCUT2D eigenvalue weighted by atomic mass is 10.2. The number of nitrogens with zero attached hydrogens (tertiary/aromatic N) is 1. The number of non-ortho nitro benzene ring substituents is 1. The van der Waals surface area contributed by atoms with E-state index in [0.29, 0.717) is 11.4 Å². The van der Waals surface area contributed by atoms with Crippen molar-refractivity contribution in [3.05, 3.63) is 28.3 Å². The molecule has 2 rings (SSSR count). The van der Waals surface area contributed by atoms with Gasteiger partial charge in [0.1, 0.15) is 5.75 Å². The maximum atomic E-state index is 10.6. The standard InChI is InChI=1S/C11H14N2O3/c12-8-5-9(13(14)15)7-11(6-8)16-10-3-1-2-4-10/h5-7,10H,1-4,12H2. The second kappa shape index (κ2) is 4.38. The highest BCUT2D eigenvalue weighted by Gasteiger charge is 2.18. The van der Waals surface area contributed by atoms with Gasteiger partial charge in [-0.3, -0.25) is 10.1 Å². The number of nitrogen functional groups attached to an aromatic ring is 1. The minimum absolute atomic E-state index is 0.0204. The zero-order chi connectivity index (χ0) is 11.5. The number of anilines is 1. The highest BCUT2D eigenvalue weighted by atomic mass is 16.6. The van der Waals surface area contributed by atoms with E-state index in [4.69, 9.17) is 10.5 Å². The van der Waals surface area contributed by atoms with Gasteiger partial charge in [0.2, 0.25) is 0 Å². The van der Waals surface area contributed by atoms with Crippen LogP contribution in [0.3, 0.4) is 0 Å². The van der Waals surface area contributed by atoms with E-state index in [1.54, 1.807) is 6.07 Å². The molecule has 1 aromatic rings. The van der Waals surface area contributed by atoms with Crippen LogP contribution in [0.5, 0.6) is 5.75 Å². The Hall–Kier alpha value is -1.78. The number of ether oxygens (including phenoxy) is 1. The maximum absolute atomic E-state index is 10.6. The summed E-state index contributed by atoms with van der Waals surface area (Å²) in [5.74, 6) is 0.499. The van der Waals surface area contributed by atoms with Gasteiger partial charge in [-0.15, -0.1) is 0 Å². The molecule has 2 N–H and O–H groups in total. The average Bonchev–Trinajstić information content (AvgIpc) is 2.69. The highest BCUT2D eigenvalue weighted by Crippen LogP contribution is 2.28. The van der Waals surface area contributed by atoms with Crippen LogP contribution < -0.4 is 10.5 Å². The van der Waals surface area contributed by atoms with Crippen LogP contribution >= 0.6 is 0 Å². The number of hydrogen-bond donors (Lipinski definition) is 1. The summed E-state index contributed by atoms with van der Waals surface area (Å²) in [6.45, 7) is 0. The molecule has 5 nitrogen and oxygen atoms in total. The van der Waals surface area contributed by atoms with E-state index in [2.05, 4.69) is 0 Å². The first-order valence-electron chi connectivity index (χ1n) is 5.37. The second-order valence-corrected chi connectivity index (χ2v) is 4.04. The molecular formula is C11H14N2O3. The predicted molar refractivity (Wildman–Crippen MR) is 60.4 cm³/mol. The molecule has 0 unspecified atom stereocenters. The number of nitro benzene ring substituents is 1. The number of hydrogen-bond acceptors (Lipinski definition) is 4. The Morgan fingerprint density at radius 3 is 2.62 bits per heavy atom. The van der Waals surface area contributed by atoms with E-state index in [0.717, 1.165) is 25.7 Å². The van der Waals surface area contributed by atoms with E-state index in [-0.39, 0.29) is 11.8 Å². The summed E-state index contributed by atoms with van der Waals surface area (Å²) in [5, 5.41) is 10.6. The lowest BCUT2D eigenvalue weighted by Crippen LogP contribution is -2.11. The van der Waals surface area contributed by atoms with Crippen LogP contribution in [0.2, 0.25) is 0 Å². The molecule has 0 saturated heterocycles. The Morgan fingerprint density at radius 1 is 1.31 bits per heavy atom. The van der Waals surface area contributed by atoms with Gasteiger partial charge in [0.15, 0.2) is 0 Å². The molecule has 0 atom stereocenters. The topological polar surface area (TPSA) is 78.4 Å². The fraction of sp³-hybridized carbons (Fsp3) is 0.455. The molecule has 0 bridgehead atoms. The first-order chi connectivity index (χ1) is 7.65. The molecule has 1 aliphatic carbocycles. The average molecular weight is 222 g/mol. The van der Waals surface area contributed by atoms with Gasteiger partial charge in [0.25, 0.3) is 5.69 Å². The van der Waals surface area contributed by atoms with Gasteiger partial charge < -0.3 is 10.5 Å². The van der Waals surface area contributed by atoms with Crippen molar-refractivity contribution < 1.29 is 9.66 Å². The van der Waals surface area contributed by atoms with E-state index < -0.39 is 4.92 Å². The Balaban J connectivity index is 2.16. The number of rotatable bonds is 3. The number of nitro groups is 1. The van der Waals surface area contributed by atoms with Crippen molar-refractivity contribution in [3.8, 4) is 5.75 Å². The summed E-state index contributed by atoms with van der Waals surface area (Å²) in [4.78, 5) is 10.2. The normalized spacial score (nSPS) is 16.2. The SMILES string of the molecule is Nc1cc(OC2CCCC2)cc([N+](=O)[O-])c1. The van der Waals surface area contributed by atoms with Gasteiger partial charge in [0.05, 0.1) is 17.1 Å². The minimum atomic E-state index is -0.460. The molecule has 1 aliphatic rings. The van der Waals surface area contributed by atoms with Crippen LogP contribution in [0.1, 0.15) is 25.7 Å². The summed E-state index contributed by atoms with van der Waals surface area (Å²) < 4.78 is 5.66. The van der Waals surface area contributed by atoms with Gasteiger partial charge >= 0.3 is 0 Å². The lowest BCUT2D eigenvalue weighted by Gasteiger charge is -2.13. The molecular weight excluding hydrogens is 208 g/mol. The van der Waals surface area contributed by atoms with Crippen molar-refractivity contribution in [1.82, 2.24) is 0 Å². The van der Waals surface area contributed by atoms with E-state index >= 15 is 0 Å². The third kappa shape index (κ3) is 2.42. The Morgan fingerprint density at radius 2 is 2.00 bits per heavy atom. The molecule has 16 heavy (non-hydrogen) atoms. The number of benzene rings is 1. The molecule has 0 amide bonds.